The summed E-state index contributed by atoms with van der Waals surface area (Å²) in [6.07, 6.45) is 3.00. The van der Waals surface area contributed by atoms with Crippen molar-refractivity contribution in [1.82, 2.24) is 9.62 Å². The lowest BCUT2D eigenvalue weighted by Gasteiger charge is -2.37. The van der Waals surface area contributed by atoms with Crippen molar-refractivity contribution in [2.45, 2.75) is 63.6 Å². The first-order chi connectivity index (χ1) is 9.96. The Morgan fingerprint density at radius 1 is 1.14 bits per heavy atom. The van der Waals surface area contributed by atoms with Crippen molar-refractivity contribution in [3.05, 3.63) is 29.8 Å². The zero-order valence-electron chi connectivity index (χ0n) is 13.2. The quantitative estimate of drug-likeness (QED) is 0.910. The van der Waals surface area contributed by atoms with Gasteiger partial charge in [0.1, 0.15) is 0 Å². The van der Waals surface area contributed by atoms with E-state index in [1.165, 1.54) is 0 Å². The molecule has 2 unspecified atom stereocenters. The summed E-state index contributed by atoms with van der Waals surface area (Å²) in [5.74, 6) is 0. The summed E-state index contributed by atoms with van der Waals surface area (Å²) in [6.45, 7) is 7.74. The lowest BCUT2D eigenvalue weighted by Crippen LogP contribution is -2.47. The van der Waals surface area contributed by atoms with Crippen LogP contribution in [0.25, 0.3) is 0 Å². The Balaban J connectivity index is 2.22. The van der Waals surface area contributed by atoms with Crippen LogP contribution in [0.5, 0.6) is 0 Å². The highest BCUT2D eigenvalue weighted by Gasteiger charge is 2.35. The molecule has 2 atom stereocenters. The number of nitrogens with zero attached hydrogens (tertiary/aromatic N) is 1. The van der Waals surface area contributed by atoms with E-state index < -0.39 is 10.0 Å². The third-order valence-electron chi connectivity index (χ3n) is 4.19. The van der Waals surface area contributed by atoms with E-state index in [9.17, 15) is 8.42 Å². The zero-order chi connectivity index (χ0) is 15.5. The Bertz CT molecular complexity index is 544. The second-order valence-corrected chi connectivity index (χ2v) is 7.73. The van der Waals surface area contributed by atoms with E-state index >= 15 is 0 Å². The SMILES string of the molecule is CCNCc1ccc(S(=O)(=O)N2C(C)CCCC2C)cc1. The molecular weight excluding hydrogens is 284 g/mol. The van der Waals surface area contributed by atoms with Crippen molar-refractivity contribution in [1.29, 1.82) is 0 Å². The largest absolute Gasteiger partial charge is 0.313 e. The maximum absolute atomic E-state index is 12.8. The van der Waals surface area contributed by atoms with Crippen LogP contribution >= 0.6 is 0 Å². The monoisotopic (exact) mass is 310 g/mol. The highest BCUT2D eigenvalue weighted by molar-refractivity contribution is 7.89. The second kappa shape index (κ2) is 6.90. The van der Waals surface area contributed by atoms with Gasteiger partial charge in [-0.05, 0) is 50.9 Å². The van der Waals surface area contributed by atoms with Gasteiger partial charge in [0, 0.05) is 18.6 Å². The van der Waals surface area contributed by atoms with E-state index in [2.05, 4.69) is 12.2 Å². The van der Waals surface area contributed by atoms with Gasteiger partial charge in [-0.1, -0.05) is 25.5 Å². The maximum atomic E-state index is 12.8. The molecule has 118 valence electrons. The van der Waals surface area contributed by atoms with Gasteiger partial charge in [-0.25, -0.2) is 8.42 Å². The lowest BCUT2D eigenvalue weighted by atomic mass is 10.0. The highest BCUT2D eigenvalue weighted by Crippen LogP contribution is 2.29. The Morgan fingerprint density at radius 2 is 1.71 bits per heavy atom. The van der Waals surface area contributed by atoms with Crippen molar-refractivity contribution < 1.29 is 8.42 Å². The Hall–Kier alpha value is -0.910. The number of sulfonamides is 1. The van der Waals surface area contributed by atoms with Crippen LogP contribution < -0.4 is 5.32 Å². The van der Waals surface area contributed by atoms with Gasteiger partial charge in [0.05, 0.1) is 4.90 Å². The molecule has 1 aliphatic heterocycles. The Morgan fingerprint density at radius 3 is 2.24 bits per heavy atom. The predicted octanol–water partition coefficient (Wildman–Crippen LogP) is 2.75. The molecule has 0 aliphatic carbocycles. The number of rotatable bonds is 5. The second-order valence-electron chi connectivity index (χ2n) is 5.89. The number of nitrogens with one attached hydrogen (secondary N) is 1. The van der Waals surface area contributed by atoms with Crippen LogP contribution in [-0.2, 0) is 16.6 Å². The molecule has 21 heavy (non-hydrogen) atoms. The van der Waals surface area contributed by atoms with Crippen LogP contribution in [0.15, 0.2) is 29.2 Å². The fourth-order valence-corrected chi connectivity index (χ4v) is 4.92. The van der Waals surface area contributed by atoms with Crippen molar-refractivity contribution in [2.75, 3.05) is 6.54 Å². The van der Waals surface area contributed by atoms with Crippen LogP contribution in [0.4, 0.5) is 0 Å². The summed E-state index contributed by atoms with van der Waals surface area (Å²) in [4.78, 5) is 0.406. The molecule has 0 amide bonds. The molecule has 0 saturated carbocycles. The van der Waals surface area contributed by atoms with E-state index in [-0.39, 0.29) is 12.1 Å². The molecule has 2 rings (SSSR count). The molecule has 1 heterocycles. The molecule has 0 aromatic heterocycles. The van der Waals surface area contributed by atoms with Gasteiger partial charge in [0.2, 0.25) is 10.0 Å². The summed E-state index contributed by atoms with van der Waals surface area (Å²) >= 11 is 0. The summed E-state index contributed by atoms with van der Waals surface area (Å²) in [7, 11) is -3.38. The van der Waals surface area contributed by atoms with Gasteiger partial charge in [0.25, 0.3) is 0 Å². The molecule has 0 bridgehead atoms. The van der Waals surface area contributed by atoms with Gasteiger partial charge < -0.3 is 5.32 Å². The fraction of sp³-hybridized carbons (Fsp3) is 0.625. The molecule has 1 aromatic carbocycles. The summed E-state index contributed by atoms with van der Waals surface area (Å²) in [5, 5.41) is 3.24. The van der Waals surface area contributed by atoms with Gasteiger partial charge >= 0.3 is 0 Å². The number of hydrogen-bond donors (Lipinski definition) is 1. The third kappa shape index (κ3) is 3.65. The molecule has 1 saturated heterocycles. The molecule has 0 radical (unpaired) electrons. The summed E-state index contributed by atoms with van der Waals surface area (Å²) < 4.78 is 27.4. The van der Waals surface area contributed by atoms with Crippen molar-refractivity contribution in [2.24, 2.45) is 0 Å². The minimum Gasteiger partial charge on any atom is -0.313 e. The van der Waals surface area contributed by atoms with E-state index in [4.69, 9.17) is 0 Å². The molecular formula is C16H26N2O2S. The molecule has 1 aliphatic rings. The number of piperidine rings is 1. The molecule has 1 fully saturated rings. The third-order valence-corrected chi connectivity index (χ3v) is 6.33. The van der Waals surface area contributed by atoms with Gasteiger partial charge in [-0.15, -0.1) is 0 Å². The first kappa shape index (κ1) is 16.5. The van der Waals surface area contributed by atoms with E-state index in [1.807, 2.05) is 26.0 Å². The van der Waals surface area contributed by atoms with Gasteiger partial charge in [0.15, 0.2) is 0 Å². The van der Waals surface area contributed by atoms with Crippen LogP contribution in [-0.4, -0.2) is 31.4 Å². The van der Waals surface area contributed by atoms with E-state index in [0.717, 1.165) is 37.9 Å². The van der Waals surface area contributed by atoms with E-state index in [1.54, 1.807) is 16.4 Å². The van der Waals surface area contributed by atoms with Crippen molar-refractivity contribution in [3.8, 4) is 0 Å². The van der Waals surface area contributed by atoms with Gasteiger partial charge in [-0.2, -0.15) is 4.31 Å². The summed E-state index contributed by atoms with van der Waals surface area (Å²) in [5.41, 5.74) is 1.11. The standard InChI is InChI=1S/C16H26N2O2S/c1-4-17-12-15-8-10-16(11-9-15)21(19,20)18-13(2)6-5-7-14(18)3/h8-11,13-14,17H,4-7,12H2,1-3H3. The van der Waals surface area contributed by atoms with Gasteiger partial charge in [-0.3, -0.25) is 0 Å². The molecule has 5 heteroatoms. The smallest absolute Gasteiger partial charge is 0.243 e. The molecule has 0 spiro atoms. The number of hydrogen-bond acceptors (Lipinski definition) is 3. The fourth-order valence-electron chi connectivity index (χ4n) is 3.04. The topological polar surface area (TPSA) is 49.4 Å². The average molecular weight is 310 g/mol. The minimum atomic E-state index is -3.38. The number of benzene rings is 1. The average Bonchev–Trinajstić information content (AvgIpc) is 2.45. The minimum absolute atomic E-state index is 0.0835. The lowest BCUT2D eigenvalue weighted by molar-refractivity contribution is 0.204. The van der Waals surface area contributed by atoms with Crippen LogP contribution in [0, 0.1) is 0 Å². The first-order valence-corrected chi connectivity index (χ1v) is 9.24. The zero-order valence-corrected chi connectivity index (χ0v) is 14.0. The summed E-state index contributed by atoms with van der Waals surface area (Å²) in [6, 6.07) is 7.43. The van der Waals surface area contributed by atoms with Crippen LogP contribution in [0.2, 0.25) is 0 Å². The van der Waals surface area contributed by atoms with E-state index in [0.29, 0.717) is 4.90 Å². The Labute approximate surface area is 128 Å². The van der Waals surface area contributed by atoms with Crippen molar-refractivity contribution in [3.63, 3.8) is 0 Å². The highest BCUT2D eigenvalue weighted by atomic mass is 32.2. The van der Waals surface area contributed by atoms with Crippen molar-refractivity contribution >= 4 is 10.0 Å². The normalized spacial score (nSPS) is 24.1. The van der Waals surface area contributed by atoms with Crippen LogP contribution in [0.1, 0.15) is 45.6 Å². The Kier molecular flexibility index (Phi) is 5.41. The maximum Gasteiger partial charge on any atom is 0.243 e. The molecule has 1 aromatic rings. The molecule has 4 nitrogen and oxygen atoms in total. The molecule has 1 N–H and O–H groups in total. The predicted molar refractivity (Wildman–Crippen MR) is 85.6 cm³/mol. The van der Waals surface area contributed by atoms with Crippen LogP contribution in [0.3, 0.4) is 0 Å². The first-order valence-electron chi connectivity index (χ1n) is 7.80.